The molecule has 2 aromatic rings. The lowest BCUT2D eigenvalue weighted by Crippen LogP contribution is -1.83. The molecule has 0 aliphatic heterocycles. The molecule has 0 atom stereocenters. The molecule has 0 fully saturated rings. The second-order valence-corrected chi connectivity index (χ2v) is 4.09. The highest BCUT2D eigenvalue weighted by atomic mass is 32.1. The van der Waals surface area contributed by atoms with E-state index in [1.165, 1.54) is 4.88 Å². The van der Waals surface area contributed by atoms with E-state index in [1.807, 2.05) is 6.92 Å². The molecular weight excluding hydrogens is 170 g/mol. The first kappa shape index (κ1) is 7.43. The number of phenolic OH excluding ortho intramolecular Hbond substituents is 1. The Bertz CT molecular complexity index is 394. The lowest BCUT2D eigenvalue weighted by molar-refractivity contribution is 0.479. The SMILES string of the molecule is Cc1cc2cc(N)c(O)cc2s1. The number of hydrogen-bond acceptors (Lipinski definition) is 3. The van der Waals surface area contributed by atoms with Crippen LogP contribution in [0.4, 0.5) is 5.69 Å². The van der Waals surface area contributed by atoms with Crippen molar-refractivity contribution in [1.29, 1.82) is 0 Å². The number of aromatic hydroxyl groups is 1. The van der Waals surface area contributed by atoms with Crippen molar-refractivity contribution in [2.75, 3.05) is 5.73 Å². The highest BCUT2D eigenvalue weighted by Crippen LogP contribution is 2.32. The van der Waals surface area contributed by atoms with E-state index in [-0.39, 0.29) is 5.75 Å². The van der Waals surface area contributed by atoms with Crippen LogP contribution in [0.1, 0.15) is 4.88 Å². The summed E-state index contributed by atoms with van der Waals surface area (Å²) in [5.74, 6) is 0.171. The van der Waals surface area contributed by atoms with Crippen LogP contribution >= 0.6 is 11.3 Å². The van der Waals surface area contributed by atoms with Crippen LogP contribution in [0, 0.1) is 6.92 Å². The van der Waals surface area contributed by atoms with E-state index in [0.29, 0.717) is 5.69 Å². The minimum atomic E-state index is 0.171. The first-order valence-electron chi connectivity index (χ1n) is 3.65. The van der Waals surface area contributed by atoms with Crippen molar-refractivity contribution in [3.05, 3.63) is 23.1 Å². The molecule has 3 heteroatoms. The molecule has 0 saturated carbocycles. The van der Waals surface area contributed by atoms with Crippen LogP contribution < -0.4 is 5.73 Å². The summed E-state index contributed by atoms with van der Waals surface area (Å²) in [6.45, 7) is 2.04. The second-order valence-electron chi connectivity index (χ2n) is 2.81. The van der Waals surface area contributed by atoms with Crippen LogP contribution in [-0.2, 0) is 0 Å². The van der Waals surface area contributed by atoms with E-state index >= 15 is 0 Å². The van der Waals surface area contributed by atoms with Crippen LogP contribution in [0.2, 0.25) is 0 Å². The molecule has 12 heavy (non-hydrogen) atoms. The van der Waals surface area contributed by atoms with Crippen molar-refractivity contribution < 1.29 is 5.11 Å². The van der Waals surface area contributed by atoms with Gasteiger partial charge in [-0.25, -0.2) is 0 Å². The molecule has 3 N–H and O–H groups in total. The third kappa shape index (κ3) is 1.02. The molecule has 62 valence electrons. The van der Waals surface area contributed by atoms with Gasteiger partial charge in [-0.05, 0) is 30.5 Å². The first-order chi connectivity index (χ1) is 5.66. The van der Waals surface area contributed by atoms with Gasteiger partial charge >= 0.3 is 0 Å². The average Bonchev–Trinajstić information content (AvgIpc) is 2.30. The molecule has 0 amide bonds. The Hall–Kier alpha value is -1.22. The van der Waals surface area contributed by atoms with Gasteiger partial charge in [0.1, 0.15) is 5.75 Å². The number of aryl methyl sites for hydroxylation is 1. The molecule has 1 aromatic carbocycles. The Labute approximate surface area is 74.3 Å². The molecule has 0 aliphatic rings. The number of nitrogens with two attached hydrogens (primary N) is 1. The van der Waals surface area contributed by atoms with Gasteiger partial charge in [0.25, 0.3) is 0 Å². The van der Waals surface area contributed by atoms with E-state index in [1.54, 1.807) is 23.5 Å². The van der Waals surface area contributed by atoms with Gasteiger partial charge < -0.3 is 10.8 Å². The summed E-state index contributed by atoms with van der Waals surface area (Å²) < 4.78 is 1.08. The van der Waals surface area contributed by atoms with Crippen molar-refractivity contribution in [2.45, 2.75) is 6.92 Å². The van der Waals surface area contributed by atoms with Crippen LogP contribution in [0.3, 0.4) is 0 Å². The van der Waals surface area contributed by atoms with E-state index in [4.69, 9.17) is 5.73 Å². The number of fused-ring (bicyclic) bond motifs is 1. The number of phenols is 1. The molecule has 1 aromatic heterocycles. The Morgan fingerprint density at radius 3 is 2.83 bits per heavy atom. The van der Waals surface area contributed by atoms with Gasteiger partial charge in [0, 0.05) is 9.58 Å². The van der Waals surface area contributed by atoms with E-state index in [2.05, 4.69) is 6.07 Å². The monoisotopic (exact) mass is 179 g/mol. The van der Waals surface area contributed by atoms with E-state index < -0.39 is 0 Å². The Morgan fingerprint density at radius 1 is 1.33 bits per heavy atom. The standard InChI is InChI=1S/C9H9NOS/c1-5-2-6-3-7(10)8(11)4-9(6)12-5/h2-4,11H,10H2,1H3. The topological polar surface area (TPSA) is 46.2 Å². The van der Waals surface area contributed by atoms with Gasteiger partial charge in [-0.3, -0.25) is 0 Å². The molecule has 2 nitrogen and oxygen atoms in total. The van der Waals surface area contributed by atoms with Crippen molar-refractivity contribution in [1.82, 2.24) is 0 Å². The molecule has 2 rings (SSSR count). The largest absolute Gasteiger partial charge is 0.506 e. The molecule has 0 unspecified atom stereocenters. The van der Waals surface area contributed by atoms with Gasteiger partial charge in [-0.1, -0.05) is 0 Å². The number of rotatable bonds is 0. The van der Waals surface area contributed by atoms with Crippen LogP contribution in [0.5, 0.6) is 5.75 Å². The maximum absolute atomic E-state index is 9.31. The predicted molar refractivity (Wildman–Crippen MR) is 52.6 cm³/mol. The minimum absolute atomic E-state index is 0.171. The summed E-state index contributed by atoms with van der Waals surface area (Å²) in [6, 6.07) is 5.58. The van der Waals surface area contributed by atoms with E-state index in [9.17, 15) is 5.11 Å². The summed E-state index contributed by atoms with van der Waals surface area (Å²) >= 11 is 1.66. The maximum atomic E-state index is 9.31. The minimum Gasteiger partial charge on any atom is -0.506 e. The lowest BCUT2D eigenvalue weighted by atomic mass is 10.2. The predicted octanol–water partition coefficient (Wildman–Crippen LogP) is 2.50. The fourth-order valence-corrected chi connectivity index (χ4v) is 2.17. The van der Waals surface area contributed by atoms with Gasteiger partial charge in [-0.15, -0.1) is 11.3 Å². The summed E-state index contributed by atoms with van der Waals surface area (Å²) in [4.78, 5) is 1.23. The van der Waals surface area contributed by atoms with Crippen molar-refractivity contribution in [3.8, 4) is 5.75 Å². The number of nitrogen functional groups attached to an aromatic ring is 1. The molecule has 1 heterocycles. The van der Waals surface area contributed by atoms with Crippen molar-refractivity contribution >= 4 is 27.1 Å². The molecule has 0 spiro atoms. The summed E-state index contributed by atoms with van der Waals surface area (Å²) in [7, 11) is 0. The quantitative estimate of drug-likeness (QED) is 0.482. The number of benzene rings is 1. The Balaban J connectivity index is 2.83. The second kappa shape index (κ2) is 2.38. The van der Waals surface area contributed by atoms with Gasteiger partial charge in [0.2, 0.25) is 0 Å². The summed E-state index contributed by atoms with van der Waals surface area (Å²) in [5.41, 5.74) is 5.99. The third-order valence-electron chi connectivity index (χ3n) is 1.79. The molecule has 0 aliphatic carbocycles. The molecular formula is C9H9NOS. The fraction of sp³-hybridized carbons (Fsp3) is 0.111. The normalized spacial score (nSPS) is 10.8. The Morgan fingerprint density at radius 2 is 2.08 bits per heavy atom. The van der Waals surface area contributed by atoms with Crippen LogP contribution in [0.15, 0.2) is 18.2 Å². The average molecular weight is 179 g/mol. The highest BCUT2D eigenvalue weighted by molar-refractivity contribution is 7.19. The highest BCUT2D eigenvalue weighted by Gasteiger charge is 2.02. The molecule has 0 bridgehead atoms. The Kier molecular flexibility index (Phi) is 1.48. The van der Waals surface area contributed by atoms with E-state index in [0.717, 1.165) is 10.1 Å². The maximum Gasteiger partial charge on any atom is 0.139 e. The first-order valence-corrected chi connectivity index (χ1v) is 4.47. The summed E-state index contributed by atoms with van der Waals surface area (Å²) in [5, 5.41) is 10.4. The lowest BCUT2D eigenvalue weighted by Gasteiger charge is -1.96. The molecule has 0 radical (unpaired) electrons. The number of hydrogen-bond donors (Lipinski definition) is 2. The van der Waals surface area contributed by atoms with Crippen molar-refractivity contribution in [2.24, 2.45) is 0 Å². The number of anilines is 1. The smallest absolute Gasteiger partial charge is 0.139 e. The van der Waals surface area contributed by atoms with Gasteiger partial charge in [0.05, 0.1) is 5.69 Å². The molecule has 0 saturated heterocycles. The van der Waals surface area contributed by atoms with Crippen LogP contribution in [0.25, 0.3) is 10.1 Å². The fourth-order valence-electron chi connectivity index (χ4n) is 1.23. The van der Waals surface area contributed by atoms with Crippen LogP contribution in [-0.4, -0.2) is 5.11 Å². The zero-order valence-electron chi connectivity index (χ0n) is 6.66. The summed E-state index contributed by atoms with van der Waals surface area (Å²) in [6.07, 6.45) is 0. The zero-order valence-corrected chi connectivity index (χ0v) is 7.48. The zero-order chi connectivity index (χ0) is 8.72. The van der Waals surface area contributed by atoms with Gasteiger partial charge in [-0.2, -0.15) is 0 Å². The number of thiophene rings is 1. The van der Waals surface area contributed by atoms with Crippen molar-refractivity contribution in [3.63, 3.8) is 0 Å². The third-order valence-corrected chi connectivity index (χ3v) is 2.80. The van der Waals surface area contributed by atoms with Gasteiger partial charge in [0.15, 0.2) is 0 Å².